The summed E-state index contributed by atoms with van der Waals surface area (Å²) in [4.78, 5) is 0. The van der Waals surface area contributed by atoms with E-state index >= 15 is 0 Å². The molecule has 9 heteroatoms. The summed E-state index contributed by atoms with van der Waals surface area (Å²) < 4.78 is 10.3. The Labute approximate surface area is 115 Å². The highest BCUT2D eigenvalue weighted by Crippen LogP contribution is 2.24. The maximum Gasteiger partial charge on any atom is 0.183 e. The lowest BCUT2D eigenvalue weighted by molar-refractivity contribution is 0.840. The fraction of sp³-hybridized carbons (Fsp3) is 1.00. The molecule has 0 amide bonds. The molecule has 0 bridgehead atoms. The number of nitrogens with zero attached hydrogens (tertiary/aromatic N) is 1. The Morgan fingerprint density at radius 1 is 0.938 bits per heavy atom. The van der Waals surface area contributed by atoms with E-state index in [1.165, 1.54) is 0 Å². The summed E-state index contributed by atoms with van der Waals surface area (Å²) in [6.45, 7) is 14.3. The second-order valence-corrected chi connectivity index (χ2v) is 24.4. The highest BCUT2D eigenvalue weighted by atomic mass is 35.5. The molecule has 0 saturated carbocycles. The van der Waals surface area contributed by atoms with Crippen molar-refractivity contribution in [1.82, 2.24) is 13.2 Å². The van der Waals surface area contributed by atoms with Gasteiger partial charge in [0.2, 0.25) is 0 Å². The van der Waals surface area contributed by atoms with Gasteiger partial charge in [-0.1, -0.05) is 0 Å². The van der Waals surface area contributed by atoms with E-state index in [0.717, 1.165) is 0 Å². The van der Waals surface area contributed by atoms with Crippen molar-refractivity contribution in [2.75, 3.05) is 0 Å². The highest BCUT2D eigenvalue weighted by Gasteiger charge is 2.51. The summed E-state index contributed by atoms with van der Waals surface area (Å²) in [5.74, 6) is 0. The molecule has 0 unspecified atom stereocenters. The normalized spacial score (nSPS) is 29.1. The van der Waals surface area contributed by atoms with Gasteiger partial charge in [0.15, 0.2) is 25.2 Å². The average molecular weight is 333 g/mol. The summed E-state index contributed by atoms with van der Waals surface area (Å²) in [5, 5.41) is 0. The molecule has 0 aromatic rings. The molecule has 0 aliphatic carbocycles. The Hall–Kier alpha value is 1.33. The van der Waals surface area contributed by atoms with Gasteiger partial charge in [0.05, 0.1) is 0 Å². The zero-order valence-corrected chi connectivity index (χ0v) is 16.9. The lowest BCUT2D eigenvalue weighted by atomic mass is 11.9. The lowest BCUT2D eigenvalue weighted by Crippen LogP contribution is -2.89. The van der Waals surface area contributed by atoms with Gasteiger partial charge in [0, 0.05) is 0 Å². The molecule has 0 radical (unpaired) electrons. The zero-order chi connectivity index (χ0) is 12.8. The largest absolute Gasteiger partial charge is 0.348 e. The molecule has 1 aliphatic heterocycles. The third kappa shape index (κ3) is 3.66. The van der Waals surface area contributed by atoms with E-state index < -0.39 is 34.9 Å². The lowest BCUT2D eigenvalue weighted by Gasteiger charge is -2.57. The Kier molecular flexibility index (Phi) is 4.60. The molecule has 16 heavy (non-hydrogen) atoms. The van der Waals surface area contributed by atoms with Crippen LogP contribution in [0.2, 0.25) is 39.3 Å². The van der Waals surface area contributed by atoms with Gasteiger partial charge in [-0.2, -0.15) is 0 Å². The molecular weight excluding hydrogens is 309 g/mol. The first-order valence-electron chi connectivity index (χ1n) is 5.61. The molecule has 1 heterocycles. The smallest absolute Gasteiger partial charge is 0.183 e. The predicted molar refractivity (Wildman–Crippen MR) is 84.6 cm³/mol. The SMILES string of the molecule is C[Si]1(C)N[Si](C)(C)N([SiH2]C(Cl)Cl)[Si](C)(C)N1. The van der Waals surface area contributed by atoms with Crippen LogP contribution in [0.1, 0.15) is 0 Å². The summed E-state index contributed by atoms with van der Waals surface area (Å²) in [6, 6.07) is 0. The van der Waals surface area contributed by atoms with Gasteiger partial charge in [-0.25, -0.2) is 0 Å². The molecule has 2 N–H and O–H groups in total. The van der Waals surface area contributed by atoms with E-state index in [2.05, 4.69) is 52.5 Å². The van der Waals surface area contributed by atoms with E-state index in [4.69, 9.17) is 23.2 Å². The minimum atomic E-state index is -1.52. The fourth-order valence-corrected chi connectivity index (χ4v) is 32.4. The molecule has 0 atom stereocenters. The van der Waals surface area contributed by atoms with Crippen molar-refractivity contribution < 1.29 is 0 Å². The first-order chi connectivity index (χ1) is 6.96. The Morgan fingerprint density at radius 3 is 1.62 bits per heavy atom. The number of alkyl halides is 2. The van der Waals surface area contributed by atoms with Crippen LogP contribution in [0.4, 0.5) is 0 Å². The van der Waals surface area contributed by atoms with Crippen molar-refractivity contribution >= 4 is 58.1 Å². The maximum atomic E-state index is 6.02. The van der Waals surface area contributed by atoms with Crippen LogP contribution in [0.25, 0.3) is 0 Å². The third-order valence-electron chi connectivity index (χ3n) is 2.91. The van der Waals surface area contributed by atoms with Crippen molar-refractivity contribution in [2.45, 2.75) is 43.7 Å². The van der Waals surface area contributed by atoms with E-state index in [1.807, 2.05) is 0 Å². The quantitative estimate of drug-likeness (QED) is 0.592. The highest BCUT2D eigenvalue weighted by molar-refractivity contribution is 7.08. The standard InChI is InChI=1S/C7H23Cl2N3Si4/c1-14(2)10-15(3,4)12(13-7(8)9)16(5,6)11-14/h7,10-11H,13H2,1-6H3. The van der Waals surface area contributed by atoms with Crippen LogP contribution in [0.5, 0.6) is 0 Å². The van der Waals surface area contributed by atoms with Crippen molar-refractivity contribution in [1.29, 1.82) is 0 Å². The molecule has 0 aromatic carbocycles. The number of hydrogen-bond donors (Lipinski definition) is 2. The van der Waals surface area contributed by atoms with Crippen molar-refractivity contribution in [2.24, 2.45) is 0 Å². The predicted octanol–water partition coefficient (Wildman–Crippen LogP) is 1.43. The molecule has 1 rings (SSSR count). The van der Waals surface area contributed by atoms with Crippen molar-refractivity contribution in [3.05, 3.63) is 0 Å². The monoisotopic (exact) mass is 331 g/mol. The Bertz CT molecular complexity index is 252. The van der Waals surface area contributed by atoms with E-state index in [9.17, 15) is 0 Å². The summed E-state index contributed by atoms with van der Waals surface area (Å²) in [7, 11) is -5.04. The minimum Gasteiger partial charge on any atom is -0.348 e. The summed E-state index contributed by atoms with van der Waals surface area (Å²) >= 11 is 12.0. The van der Waals surface area contributed by atoms with E-state index in [-0.39, 0.29) is 4.46 Å². The molecule has 3 nitrogen and oxygen atoms in total. The van der Waals surface area contributed by atoms with Crippen LogP contribution in [0, 0.1) is 0 Å². The Morgan fingerprint density at radius 2 is 1.31 bits per heavy atom. The Balaban J connectivity index is 2.97. The van der Waals surface area contributed by atoms with Crippen LogP contribution < -0.4 is 9.30 Å². The zero-order valence-electron chi connectivity index (χ0n) is 11.0. The molecule has 1 aliphatic rings. The van der Waals surface area contributed by atoms with Gasteiger partial charge in [-0.15, -0.1) is 23.2 Å². The topological polar surface area (TPSA) is 27.3 Å². The second-order valence-electron chi connectivity index (χ2n) is 5.99. The van der Waals surface area contributed by atoms with Crippen LogP contribution in [0.3, 0.4) is 0 Å². The van der Waals surface area contributed by atoms with Crippen molar-refractivity contribution in [3.63, 3.8) is 0 Å². The van der Waals surface area contributed by atoms with E-state index in [0.29, 0.717) is 0 Å². The van der Waals surface area contributed by atoms with Crippen LogP contribution in [0.15, 0.2) is 0 Å². The van der Waals surface area contributed by atoms with Crippen LogP contribution in [-0.4, -0.2) is 43.2 Å². The molecule has 96 valence electrons. The van der Waals surface area contributed by atoms with Crippen molar-refractivity contribution in [3.8, 4) is 0 Å². The maximum absolute atomic E-state index is 6.02. The molecule has 0 spiro atoms. The van der Waals surface area contributed by atoms with Crippen LogP contribution >= 0.6 is 23.2 Å². The van der Waals surface area contributed by atoms with Gasteiger partial charge in [-0.05, 0) is 39.3 Å². The van der Waals surface area contributed by atoms with Crippen LogP contribution in [-0.2, 0) is 0 Å². The number of halogens is 2. The number of hydrogen-bond acceptors (Lipinski definition) is 3. The van der Waals surface area contributed by atoms with E-state index in [1.54, 1.807) is 0 Å². The molecule has 0 aromatic heterocycles. The molecule has 1 fully saturated rings. The molecule has 1 saturated heterocycles. The fourth-order valence-electron chi connectivity index (χ4n) is 2.99. The van der Waals surface area contributed by atoms with Gasteiger partial charge in [0.25, 0.3) is 0 Å². The number of rotatable bonds is 2. The minimum absolute atomic E-state index is 0.162. The average Bonchev–Trinajstić information content (AvgIpc) is 1.92. The molecular formula is C7H23Cl2N3Si4. The first kappa shape index (κ1) is 15.4. The van der Waals surface area contributed by atoms with Gasteiger partial charge < -0.3 is 13.2 Å². The van der Waals surface area contributed by atoms with Gasteiger partial charge in [0.1, 0.15) is 14.1 Å². The van der Waals surface area contributed by atoms with Gasteiger partial charge >= 0.3 is 0 Å². The third-order valence-corrected chi connectivity index (χ3v) is 26.2. The number of nitrogens with one attached hydrogen (secondary N) is 2. The summed E-state index contributed by atoms with van der Waals surface area (Å²) in [5.41, 5.74) is 0. The summed E-state index contributed by atoms with van der Waals surface area (Å²) in [6.07, 6.45) is 0. The first-order valence-corrected chi connectivity index (χ1v) is 16.8. The second kappa shape index (κ2) is 4.78. The van der Waals surface area contributed by atoms with Gasteiger partial charge in [-0.3, -0.25) is 0 Å².